The summed E-state index contributed by atoms with van der Waals surface area (Å²) in [7, 11) is 0. The molecule has 25 heavy (non-hydrogen) atoms. The first-order chi connectivity index (χ1) is 11.8. The third-order valence-corrected chi connectivity index (χ3v) is 4.99. The van der Waals surface area contributed by atoms with Gasteiger partial charge in [-0.1, -0.05) is 6.07 Å². The number of amides is 1. The van der Waals surface area contributed by atoms with Crippen molar-refractivity contribution in [2.45, 2.75) is 19.5 Å². The fraction of sp³-hybridized carbons (Fsp3) is 0.412. The third-order valence-electron chi connectivity index (χ3n) is 4.17. The van der Waals surface area contributed by atoms with Crippen LogP contribution in [0.25, 0.3) is 0 Å². The number of thiazole rings is 1. The van der Waals surface area contributed by atoms with Gasteiger partial charge in [0.2, 0.25) is 5.91 Å². The molecule has 3 rings (SSSR count). The molecule has 1 aliphatic heterocycles. The lowest BCUT2D eigenvalue weighted by Gasteiger charge is -2.36. The highest BCUT2D eigenvalue weighted by Gasteiger charge is 2.31. The second-order valence-corrected chi connectivity index (χ2v) is 7.01. The third kappa shape index (κ3) is 4.31. The molecule has 0 aliphatic carbocycles. The van der Waals surface area contributed by atoms with Crippen molar-refractivity contribution in [3.8, 4) is 0 Å². The minimum Gasteiger partial charge on any atom is -0.368 e. The number of piperazine rings is 1. The molecule has 2 heterocycles. The van der Waals surface area contributed by atoms with Crippen LogP contribution < -0.4 is 4.90 Å². The van der Waals surface area contributed by atoms with E-state index in [1.54, 1.807) is 11.0 Å². The second kappa shape index (κ2) is 7.03. The van der Waals surface area contributed by atoms with Gasteiger partial charge in [0.05, 0.1) is 22.7 Å². The fourth-order valence-corrected chi connectivity index (χ4v) is 3.46. The van der Waals surface area contributed by atoms with Crippen molar-refractivity contribution in [1.82, 2.24) is 9.88 Å². The molecular formula is C17H18F3N3OS. The molecule has 0 N–H and O–H groups in total. The van der Waals surface area contributed by atoms with Gasteiger partial charge in [-0.2, -0.15) is 13.2 Å². The number of carbonyl (C=O) groups excluding carboxylic acids is 1. The molecule has 0 unspecified atom stereocenters. The van der Waals surface area contributed by atoms with Crippen molar-refractivity contribution < 1.29 is 18.0 Å². The molecule has 8 heteroatoms. The zero-order valence-corrected chi connectivity index (χ0v) is 14.5. The fourth-order valence-electron chi connectivity index (χ4n) is 2.85. The SMILES string of the molecule is Cc1nc(CC(=O)N2CCN(c3cccc(C(F)(F)F)c3)CC2)cs1. The highest BCUT2D eigenvalue weighted by Crippen LogP contribution is 2.31. The Morgan fingerprint density at radius 1 is 1.24 bits per heavy atom. The number of alkyl halides is 3. The summed E-state index contributed by atoms with van der Waals surface area (Å²) in [6.07, 6.45) is -4.08. The van der Waals surface area contributed by atoms with E-state index in [4.69, 9.17) is 0 Å². The molecule has 134 valence electrons. The van der Waals surface area contributed by atoms with Crippen LogP contribution in [0.1, 0.15) is 16.3 Å². The number of aromatic nitrogens is 1. The number of benzene rings is 1. The normalized spacial score (nSPS) is 15.5. The molecule has 1 aromatic heterocycles. The standard InChI is InChI=1S/C17H18F3N3OS/c1-12-21-14(11-25-12)10-16(24)23-7-5-22(6-8-23)15-4-2-3-13(9-15)17(18,19)20/h2-4,9,11H,5-8,10H2,1H3. The van der Waals surface area contributed by atoms with Gasteiger partial charge in [0, 0.05) is 37.2 Å². The van der Waals surface area contributed by atoms with Gasteiger partial charge >= 0.3 is 6.18 Å². The molecule has 1 saturated heterocycles. The first-order valence-corrected chi connectivity index (χ1v) is 8.82. The predicted octanol–water partition coefficient (Wildman–Crippen LogP) is 3.36. The van der Waals surface area contributed by atoms with Gasteiger partial charge in [0.1, 0.15) is 0 Å². The lowest BCUT2D eigenvalue weighted by atomic mass is 10.1. The van der Waals surface area contributed by atoms with Crippen LogP contribution in [0.15, 0.2) is 29.6 Å². The molecule has 0 radical (unpaired) electrons. The Labute approximate surface area is 147 Å². The average Bonchev–Trinajstić information content (AvgIpc) is 2.99. The summed E-state index contributed by atoms with van der Waals surface area (Å²) in [6.45, 7) is 3.93. The van der Waals surface area contributed by atoms with E-state index >= 15 is 0 Å². The van der Waals surface area contributed by atoms with E-state index < -0.39 is 11.7 Å². The van der Waals surface area contributed by atoms with Gasteiger partial charge in [0.15, 0.2) is 0 Å². The quantitative estimate of drug-likeness (QED) is 0.832. The number of anilines is 1. The molecule has 0 spiro atoms. The highest BCUT2D eigenvalue weighted by molar-refractivity contribution is 7.09. The van der Waals surface area contributed by atoms with Crippen LogP contribution >= 0.6 is 11.3 Å². The van der Waals surface area contributed by atoms with E-state index in [0.717, 1.165) is 22.8 Å². The molecule has 1 fully saturated rings. The van der Waals surface area contributed by atoms with Crippen LogP contribution in [-0.4, -0.2) is 42.0 Å². The number of hydrogen-bond donors (Lipinski definition) is 0. The van der Waals surface area contributed by atoms with E-state index in [-0.39, 0.29) is 12.3 Å². The summed E-state index contributed by atoms with van der Waals surface area (Å²) in [5.41, 5.74) is 0.660. The maximum atomic E-state index is 12.8. The van der Waals surface area contributed by atoms with E-state index in [2.05, 4.69) is 4.98 Å². The number of carbonyl (C=O) groups is 1. The summed E-state index contributed by atoms with van der Waals surface area (Å²) in [5.74, 6) is 0.00833. The lowest BCUT2D eigenvalue weighted by Crippen LogP contribution is -2.49. The van der Waals surface area contributed by atoms with E-state index in [0.29, 0.717) is 31.9 Å². The van der Waals surface area contributed by atoms with Gasteiger partial charge < -0.3 is 9.80 Å². The minimum atomic E-state index is -4.35. The number of halogens is 3. The number of hydrogen-bond acceptors (Lipinski definition) is 4. The van der Waals surface area contributed by atoms with Crippen molar-refractivity contribution in [3.63, 3.8) is 0 Å². The van der Waals surface area contributed by atoms with Gasteiger partial charge in [-0.3, -0.25) is 4.79 Å². The Morgan fingerprint density at radius 2 is 1.96 bits per heavy atom. The Balaban J connectivity index is 1.59. The number of rotatable bonds is 3. The molecule has 0 bridgehead atoms. The van der Waals surface area contributed by atoms with Crippen molar-refractivity contribution >= 4 is 22.9 Å². The molecule has 1 aliphatic rings. The summed E-state index contributed by atoms with van der Waals surface area (Å²) in [5, 5.41) is 2.81. The van der Waals surface area contributed by atoms with Crippen LogP contribution in [0.2, 0.25) is 0 Å². The van der Waals surface area contributed by atoms with E-state index in [1.165, 1.54) is 17.4 Å². The van der Waals surface area contributed by atoms with Gasteiger partial charge in [-0.15, -0.1) is 11.3 Å². The minimum absolute atomic E-state index is 0.00833. The number of aryl methyl sites for hydroxylation is 1. The molecule has 1 amide bonds. The Hall–Kier alpha value is -2.09. The largest absolute Gasteiger partial charge is 0.416 e. The summed E-state index contributed by atoms with van der Waals surface area (Å²) >= 11 is 1.51. The zero-order chi connectivity index (χ0) is 18.0. The lowest BCUT2D eigenvalue weighted by molar-refractivity contribution is -0.137. The molecule has 1 aromatic carbocycles. The van der Waals surface area contributed by atoms with Gasteiger partial charge in [-0.05, 0) is 25.1 Å². The van der Waals surface area contributed by atoms with Crippen molar-refractivity contribution in [2.24, 2.45) is 0 Å². The Kier molecular flexibility index (Phi) is 4.99. The average molecular weight is 369 g/mol. The van der Waals surface area contributed by atoms with Crippen molar-refractivity contribution in [2.75, 3.05) is 31.1 Å². The Bertz CT molecular complexity index is 752. The summed E-state index contributed by atoms with van der Waals surface area (Å²) in [4.78, 5) is 20.3. The maximum Gasteiger partial charge on any atom is 0.416 e. The molecular weight excluding hydrogens is 351 g/mol. The van der Waals surface area contributed by atoms with Crippen molar-refractivity contribution in [1.29, 1.82) is 0 Å². The molecule has 0 atom stereocenters. The predicted molar refractivity (Wildman–Crippen MR) is 90.8 cm³/mol. The van der Waals surface area contributed by atoms with Crippen LogP contribution in [0.4, 0.5) is 18.9 Å². The van der Waals surface area contributed by atoms with Crippen LogP contribution in [-0.2, 0) is 17.4 Å². The van der Waals surface area contributed by atoms with Gasteiger partial charge in [0.25, 0.3) is 0 Å². The molecule has 0 saturated carbocycles. The second-order valence-electron chi connectivity index (χ2n) is 5.95. The van der Waals surface area contributed by atoms with E-state index in [1.807, 2.05) is 17.2 Å². The number of nitrogens with zero attached hydrogens (tertiary/aromatic N) is 3. The summed E-state index contributed by atoms with van der Waals surface area (Å²) in [6, 6.07) is 5.32. The van der Waals surface area contributed by atoms with Crippen LogP contribution in [0.5, 0.6) is 0 Å². The molecule has 2 aromatic rings. The smallest absolute Gasteiger partial charge is 0.368 e. The first-order valence-electron chi connectivity index (χ1n) is 7.94. The van der Waals surface area contributed by atoms with Gasteiger partial charge in [-0.25, -0.2) is 4.98 Å². The molecule has 4 nitrogen and oxygen atoms in total. The van der Waals surface area contributed by atoms with Crippen LogP contribution in [0.3, 0.4) is 0 Å². The monoisotopic (exact) mass is 369 g/mol. The topological polar surface area (TPSA) is 36.4 Å². The first kappa shape index (κ1) is 17.7. The summed E-state index contributed by atoms with van der Waals surface area (Å²) < 4.78 is 38.5. The van der Waals surface area contributed by atoms with Crippen LogP contribution in [0, 0.1) is 6.92 Å². The zero-order valence-electron chi connectivity index (χ0n) is 13.7. The Morgan fingerprint density at radius 3 is 2.56 bits per heavy atom. The van der Waals surface area contributed by atoms with E-state index in [9.17, 15) is 18.0 Å². The highest BCUT2D eigenvalue weighted by atomic mass is 32.1. The maximum absolute atomic E-state index is 12.8. The van der Waals surface area contributed by atoms with Crippen molar-refractivity contribution in [3.05, 3.63) is 45.9 Å².